The van der Waals surface area contributed by atoms with Crippen LogP contribution in [0.25, 0.3) is 44.7 Å². The molecule has 3 aromatic carbocycles. The Bertz CT molecular complexity index is 2340. The summed E-state index contributed by atoms with van der Waals surface area (Å²) in [5, 5.41) is 8.03. The Hall–Kier alpha value is -5.27. The van der Waals surface area contributed by atoms with Crippen LogP contribution in [0.3, 0.4) is 0 Å². The van der Waals surface area contributed by atoms with Crippen molar-refractivity contribution in [3.8, 4) is 39.5 Å². The summed E-state index contributed by atoms with van der Waals surface area (Å²) < 4.78 is 20.2. The number of H-pyrrole nitrogens is 2. The van der Waals surface area contributed by atoms with Gasteiger partial charge in [0.2, 0.25) is 12.1 Å². The third kappa shape index (κ3) is 6.40. The Kier molecular flexibility index (Phi) is 9.42. The van der Waals surface area contributed by atoms with Crippen molar-refractivity contribution in [1.82, 2.24) is 40.0 Å². The summed E-state index contributed by atoms with van der Waals surface area (Å²) in [6, 6.07) is 25.6. The topological polar surface area (TPSA) is 134 Å². The van der Waals surface area contributed by atoms with Crippen LogP contribution in [0.1, 0.15) is 74.0 Å². The molecule has 4 atom stereocenters. The largest absolute Gasteiger partial charge is 0.465 e. The number of ether oxygens (including phenoxy) is 3. The minimum Gasteiger partial charge on any atom is -0.465 e. The highest BCUT2D eigenvalue weighted by Crippen LogP contribution is 2.46. The number of aromatic nitrogens is 5. The number of nitrogens with one attached hydrogen (secondary N) is 4. The van der Waals surface area contributed by atoms with Crippen LogP contribution in [-0.4, -0.2) is 81.5 Å². The lowest BCUT2D eigenvalue weighted by Crippen LogP contribution is -2.52. The van der Waals surface area contributed by atoms with E-state index in [0.29, 0.717) is 26.5 Å². The molecule has 0 radical (unpaired) electrons. The van der Waals surface area contributed by atoms with Gasteiger partial charge < -0.3 is 39.0 Å². The third-order valence-corrected chi connectivity index (χ3v) is 12.2. The van der Waals surface area contributed by atoms with E-state index in [1.807, 2.05) is 23.4 Å². The fourth-order valence-electron chi connectivity index (χ4n) is 9.27. The highest BCUT2D eigenvalue weighted by molar-refractivity contribution is 5.92. The average Bonchev–Trinajstić information content (AvgIpc) is 4.10. The van der Waals surface area contributed by atoms with Crippen molar-refractivity contribution in [3.05, 3.63) is 102 Å². The number of benzene rings is 3. The van der Waals surface area contributed by atoms with Crippen LogP contribution in [0, 0.1) is 5.92 Å². The van der Waals surface area contributed by atoms with E-state index < -0.39 is 0 Å². The van der Waals surface area contributed by atoms with Gasteiger partial charge in [0.15, 0.2) is 0 Å². The molecule has 4 unspecified atom stereocenters. The maximum Gasteiger partial charge on any atom is 0.240 e. The molecule has 1 amide bonds. The van der Waals surface area contributed by atoms with Gasteiger partial charge in [-0.25, -0.2) is 9.97 Å². The highest BCUT2D eigenvalue weighted by Gasteiger charge is 2.39. The van der Waals surface area contributed by atoms with Gasteiger partial charge in [-0.2, -0.15) is 0 Å². The van der Waals surface area contributed by atoms with E-state index in [1.165, 1.54) is 6.42 Å². The molecule has 0 spiro atoms. The molecule has 4 aliphatic rings. The summed E-state index contributed by atoms with van der Waals surface area (Å²) in [5.74, 6) is 2.98. The van der Waals surface area contributed by atoms with Crippen LogP contribution >= 0.6 is 0 Å². The molecule has 3 aromatic heterocycles. The molecule has 6 aromatic rings. The Morgan fingerprint density at radius 1 is 0.911 bits per heavy atom. The number of hydrogen-bond acceptors (Lipinski definition) is 8. The zero-order valence-corrected chi connectivity index (χ0v) is 31.7. The lowest BCUT2D eigenvalue weighted by molar-refractivity contribution is -0.137. The van der Waals surface area contributed by atoms with Gasteiger partial charge in [0, 0.05) is 54.5 Å². The summed E-state index contributed by atoms with van der Waals surface area (Å²) in [5.41, 5.74) is 8.31. The van der Waals surface area contributed by atoms with Crippen molar-refractivity contribution in [3.63, 3.8) is 0 Å². The van der Waals surface area contributed by atoms with Crippen molar-refractivity contribution in [2.75, 3.05) is 40.1 Å². The number of nitrogens with zero attached hydrogens (tertiary/aromatic N) is 4. The molecule has 0 bridgehead atoms. The molecule has 0 aliphatic carbocycles. The number of methoxy groups -OCH3 is 1. The number of carbonyl (C=O) groups is 1. The smallest absolute Gasteiger partial charge is 0.240 e. The van der Waals surface area contributed by atoms with Gasteiger partial charge in [-0.1, -0.05) is 42.5 Å². The predicted molar refractivity (Wildman–Crippen MR) is 214 cm³/mol. The zero-order valence-electron chi connectivity index (χ0n) is 31.7. The summed E-state index contributed by atoms with van der Waals surface area (Å²) in [7, 11) is 1.65. The highest BCUT2D eigenvalue weighted by atomic mass is 16.5. The second-order valence-electron chi connectivity index (χ2n) is 15.5. The number of likely N-dealkylation sites (tertiary alicyclic amines) is 1. The SMILES string of the molecule is COCNC(C(=O)N1CCCC1c1ncc(-c2ccc3c(c2)cc2n3C(c3ccccc3)Oc3cc(-c4cnc(C5CCCN5)[nH]4)ccc3-2)[nH]1)C1CCOCC1. The van der Waals surface area contributed by atoms with E-state index in [4.69, 9.17) is 24.2 Å². The molecule has 3 fully saturated rings. The number of fused-ring (bicyclic) bond motifs is 5. The quantitative estimate of drug-likeness (QED) is 0.109. The number of aromatic amines is 2. The minimum absolute atomic E-state index is 0.105. The van der Waals surface area contributed by atoms with Crippen LogP contribution in [0.15, 0.2) is 85.2 Å². The van der Waals surface area contributed by atoms with E-state index in [2.05, 4.69) is 91.9 Å². The molecule has 12 heteroatoms. The standard InChI is InChI=1S/C44H48N8O4/c1-54-26-48-40(27-15-19-55-20-16-27)43(53)51-18-6-10-37(51)42-47-25-34(50-42)29-12-14-36-31(21-29)22-38-32-13-11-30(35-24-46-41(49-35)33-9-5-17-45-33)23-39(32)56-44(52(36)38)28-7-3-2-4-8-28/h2-4,7-8,11-14,21-25,27,33,37,40,44-45,48H,5-6,9-10,15-20,26H2,1H3,(H,46,49)(H,47,50). The van der Waals surface area contributed by atoms with Crippen molar-refractivity contribution >= 4 is 16.8 Å². The molecular weight excluding hydrogens is 705 g/mol. The van der Waals surface area contributed by atoms with Gasteiger partial charge >= 0.3 is 0 Å². The van der Waals surface area contributed by atoms with Gasteiger partial charge in [0.25, 0.3) is 0 Å². The molecule has 7 heterocycles. The first-order valence-electron chi connectivity index (χ1n) is 20.1. The second-order valence-corrected chi connectivity index (χ2v) is 15.5. The molecule has 10 rings (SSSR count). The molecule has 56 heavy (non-hydrogen) atoms. The first-order valence-corrected chi connectivity index (χ1v) is 20.1. The van der Waals surface area contributed by atoms with Crippen molar-refractivity contribution in [1.29, 1.82) is 0 Å². The van der Waals surface area contributed by atoms with Gasteiger partial charge in [-0.3, -0.25) is 10.1 Å². The van der Waals surface area contributed by atoms with Crippen LogP contribution in [-0.2, 0) is 14.3 Å². The summed E-state index contributed by atoms with van der Waals surface area (Å²) in [6.07, 6.45) is 9.28. The number of imidazole rings is 2. The number of hydrogen-bond donors (Lipinski definition) is 4. The minimum atomic E-state index is -0.342. The van der Waals surface area contributed by atoms with E-state index in [9.17, 15) is 4.79 Å². The molecular formula is C44H48N8O4. The van der Waals surface area contributed by atoms with E-state index in [1.54, 1.807) is 7.11 Å². The Morgan fingerprint density at radius 2 is 1.70 bits per heavy atom. The maximum atomic E-state index is 14.1. The van der Waals surface area contributed by atoms with E-state index in [0.717, 1.165) is 106 Å². The van der Waals surface area contributed by atoms with E-state index in [-0.39, 0.29) is 36.2 Å². The van der Waals surface area contributed by atoms with Gasteiger partial charge in [0.1, 0.15) is 17.4 Å². The molecule has 4 aliphatic heterocycles. The molecule has 4 N–H and O–H groups in total. The van der Waals surface area contributed by atoms with Crippen molar-refractivity contribution in [2.24, 2.45) is 5.92 Å². The summed E-state index contributed by atoms with van der Waals surface area (Å²) >= 11 is 0. The van der Waals surface area contributed by atoms with E-state index >= 15 is 0 Å². The molecule has 288 valence electrons. The first kappa shape index (κ1) is 35.2. The number of carbonyl (C=O) groups excluding carboxylic acids is 1. The van der Waals surface area contributed by atoms with Gasteiger partial charge in [0.05, 0.1) is 59.8 Å². The van der Waals surface area contributed by atoms with Crippen LogP contribution < -0.4 is 15.4 Å². The van der Waals surface area contributed by atoms with Gasteiger partial charge in [-0.05, 0) is 81.3 Å². The van der Waals surface area contributed by atoms with Crippen LogP contribution in [0.5, 0.6) is 5.75 Å². The fourth-order valence-corrected chi connectivity index (χ4v) is 9.27. The Morgan fingerprint density at radius 3 is 2.50 bits per heavy atom. The first-order chi connectivity index (χ1) is 27.6. The third-order valence-electron chi connectivity index (χ3n) is 12.2. The summed E-state index contributed by atoms with van der Waals surface area (Å²) in [6.45, 7) is 3.44. The molecule has 3 saturated heterocycles. The fraction of sp³-hybridized carbons (Fsp3) is 0.386. The predicted octanol–water partition coefficient (Wildman–Crippen LogP) is 7.10. The number of rotatable bonds is 10. The number of amides is 1. The van der Waals surface area contributed by atoms with Crippen LogP contribution in [0.4, 0.5) is 0 Å². The van der Waals surface area contributed by atoms with Crippen LogP contribution in [0.2, 0.25) is 0 Å². The zero-order chi connectivity index (χ0) is 37.6. The monoisotopic (exact) mass is 752 g/mol. The lowest BCUT2D eigenvalue weighted by atomic mass is 9.90. The Labute approximate surface area is 326 Å². The second kappa shape index (κ2) is 15.0. The molecule has 0 saturated carbocycles. The lowest BCUT2D eigenvalue weighted by Gasteiger charge is -2.34. The van der Waals surface area contributed by atoms with Crippen molar-refractivity contribution < 1.29 is 19.0 Å². The maximum absolute atomic E-state index is 14.1. The normalized spacial score (nSPS) is 21.6. The van der Waals surface area contributed by atoms with Gasteiger partial charge in [-0.15, -0.1) is 0 Å². The average molecular weight is 753 g/mol. The molecule has 12 nitrogen and oxygen atoms in total. The summed E-state index contributed by atoms with van der Waals surface area (Å²) in [4.78, 5) is 32.9. The van der Waals surface area contributed by atoms with Crippen molar-refractivity contribution in [2.45, 2.75) is 62.9 Å². The Balaban J connectivity index is 0.958.